The van der Waals surface area contributed by atoms with Crippen LogP contribution in [0.1, 0.15) is 89.2 Å². The number of allylic oxidation sites excluding steroid dienone is 8. The van der Waals surface area contributed by atoms with Crippen LogP contribution in [0.15, 0.2) is 216 Å². The first-order chi connectivity index (χ1) is 32.9. The van der Waals surface area contributed by atoms with E-state index in [-0.39, 0.29) is 5.41 Å². The molecule has 1 unspecified atom stereocenters. The highest BCUT2D eigenvalue weighted by Gasteiger charge is 2.41. The van der Waals surface area contributed by atoms with Crippen molar-refractivity contribution in [3.63, 3.8) is 0 Å². The van der Waals surface area contributed by atoms with Gasteiger partial charge in [-0.05, 0) is 145 Å². The number of benzene rings is 8. The predicted molar refractivity (Wildman–Crippen MR) is 286 cm³/mol. The monoisotopic (exact) mass is 865 g/mol. The number of para-hydroxylation sites is 1. The van der Waals surface area contributed by atoms with Gasteiger partial charge in [0.05, 0.1) is 11.4 Å². The van der Waals surface area contributed by atoms with Crippen molar-refractivity contribution in [3.05, 3.63) is 228 Å². The topological polar surface area (TPSA) is 3.24 Å². The van der Waals surface area contributed by atoms with Crippen molar-refractivity contribution in [3.8, 4) is 33.4 Å². The number of nitrogens with zero attached hydrogens (tertiary/aromatic N) is 1. The summed E-state index contributed by atoms with van der Waals surface area (Å²) in [5.41, 5.74) is 21.4. The highest BCUT2D eigenvalue weighted by molar-refractivity contribution is 6.05. The van der Waals surface area contributed by atoms with Crippen LogP contribution in [-0.2, 0) is 0 Å². The van der Waals surface area contributed by atoms with E-state index >= 15 is 0 Å². The van der Waals surface area contributed by atoms with E-state index in [0.717, 1.165) is 24.2 Å². The summed E-state index contributed by atoms with van der Waals surface area (Å²) in [5.74, 6) is 0.999. The fourth-order valence-electron chi connectivity index (χ4n) is 12.5. The first-order valence-corrected chi connectivity index (χ1v) is 25.0. The minimum absolute atomic E-state index is 0.0582. The zero-order valence-corrected chi connectivity index (χ0v) is 39.2. The Morgan fingerprint density at radius 2 is 1.24 bits per heavy atom. The summed E-state index contributed by atoms with van der Waals surface area (Å²) in [4.78, 5) is 2.57. The van der Waals surface area contributed by atoms with Crippen LogP contribution >= 0.6 is 0 Å². The van der Waals surface area contributed by atoms with Crippen molar-refractivity contribution in [2.45, 2.75) is 78.1 Å². The third-order valence-corrected chi connectivity index (χ3v) is 15.9. The van der Waals surface area contributed by atoms with Gasteiger partial charge >= 0.3 is 0 Å². The number of rotatable bonds is 8. The van der Waals surface area contributed by atoms with Crippen molar-refractivity contribution in [1.29, 1.82) is 0 Å². The molecule has 0 aliphatic heterocycles. The molecule has 1 heteroatoms. The van der Waals surface area contributed by atoms with Gasteiger partial charge in [0.25, 0.3) is 0 Å². The summed E-state index contributed by atoms with van der Waals surface area (Å²) in [6.45, 7) is 7.34. The van der Waals surface area contributed by atoms with Gasteiger partial charge in [0, 0.05) is 22.2 Å². The largest absolute Gasteiger partial charge is 0.309 e. The van der Waals surface area contributed by atoms with E-state index in [9.17, 15) is 0 Å². The van der Waals surface area contributed by atoms with E-state index in [2.05, 4.69) is 220 Å². The summed E-state index contributed by atoms with van der Waals surface area (Å²) in [6.07, 6.45) is 17.3. The lowest BCUT2D eigenvalue weighted by Gasteiger charge is -2.32. The van der Waals surface area contributed by atoms with Crippen LogP contribution in [0.25, 0.3) is 60.5 Å². The van der Waals surface area contributed by atoms with Crippen LogP contribution in [0.4, 0.5) is 17.1 Å². The van der Waals surface area contributed by atoms with Gasteiger partial charge in [-0.25, -0.2) is 0 Å². The van der Waals surface area contributed by atoms with Gasteiger partial charge in [0.15, 0.2) is 0 Å². The van der Waals surface area contributed by atoms with E-state index in [1.54, 1.807) is 11.1 Å². The minimum Gasteiger partial charge on any atom is -0.309 e. The summed E-state index contributed by atoms with van der Waals surface area (Å²) in [7, 11) is 0. The van der Waals surface area contributed by atoms with Crippen LogP contribution in [0.5, 0.6) is 0 Å². The van der Waals surface area contributed by atoms with Gasteiger partial charge in [0.2, 0.25) is 0 Å². The molecule has 1 nitrogen and oxygen atoms in total. The summed E-state index contributed by atoms with van der Waals surface area (Å²) < 4.78 is 0. The van der Waals surface area contributed by atoms with Crippen molar-refractivity contribution >= 4 is 44.2 Å². The first-order valence-electron chi connectivity index (χ1n) is 25.0. The van der Waals surface area contributed by atoms with E-state index in [4.69, 9.17) is 0 Å². The Morgan fingerprint density at radius 3 is 2.07 bits per heavy atom. The molecule has 67 heavy (non-hydrogen) atoms. The lowest BCUT2D eigenvalue weighted by Crippen LogP contribution is -2.17. The van der Waals surface area contributed by atoms with Crippen molar-refractivity contribution in [2.24, 2.45) is 11.3 Å². The molecule has 0 amide bonds. The van der Waals surface area contributed by atoms with Crippen LogP contribution in [0.2, 0.25) is 0 Å². The van der Waals surface area contributed by atoms with E-state index < -0.39 is 0 Å². The van der Waals surface area contributed by atoms with Crippen molar-refractivity contribution in [1.82, 2.24) is 0 Å². The second kappa shape index (κ2) is 17.0. The Labute approximate surface area is 397 Å². The van der Waals surface area contributed by atoms with E-state index in [0.29, 0.717) is 11.8 Å². The summed E-state index contributed by atoms with van der Waals surface area (Å²) in [5, 5.41) is 5.23. The molecule has 4 aliphatic rings. The third-order valence-electron chi connectivity index (χ3n) is 15.9. The molecule has 1 atom stereocenters. The Balaban J connectivity index is 1.07. The maximum absolute atomic E-state index is 2.57. The standard InChI is InChI=1S/C66H59N/c1-44-41-60-56-28-12-14-33-61(56)66(2,3)62(60)43-59(44)48-35-38-51(39-36-48)67(63-34-15-13-29-57(63)58-32-18-26-49-25-17-31-55(65(49)58)47-21-8-5-9-22-47)64-42-50(37-40-54(64)46-19-6-4-7-20-46)53-30-16-24-45-23-10-11-27-52(45)53/h4,6-7,10-13,15-20,23-32,34-40,42-44,47H,5,8-9,14,21-22,33,41H2,1-3H3. The quantitative estimate of drug-likeness (QED) is 0.147. The number of hydrogen-bond acceptors (Lipinski definition) is 1. The fraction of sp³-hybridized carbons (Fsp3) is 0.212. The van der Waals surface area contributed by atoms with Gasteiger partial charge in [-0.15, -0.1) is 0 Å². The molecular formula is C66H59N. The first kappa shape index (κ1) is 41.5. The lowest BCUT2D eigenvalue weighted by atomic mass is 9.74. The highest BCUT2D eigenvalue weighted by Crippen LogP contribution is 2.56. The minimum atomic E-state index is 0.0582. The molecule has 0 heterocycles. The highest BCUT2D eigenvalue weighted by atomic mass is 15.1. The SMILES string of the molecule is CC1CC2=C(C=C1c1ccc(N(c3cc(-c4cccc5ccccc45)ccc3-c3ccccc3)c3ccccc3-c3cccc4cccc(C5CCCCC5)c34)cc1)C(C)(C)C1=C2C=CCC1. The number of fused-ring (bicyclic) bond motifs is 3. The average Bonchev–Trinajstić information content (AvgIpc) is 3.60. The molecule has 0 N–H and O–H groups in total. The number of hydrogen-bond donors (Lipinski definition) is 0. The second-order valence-corrected chi connectivity index (χ2v) is 20.2. The lowest BCUT2D eigenvalue weighted by molar-refractivity contribution is 0.445. The average molecular weight is 866 g/mol. The molecule has 8 aromatic carbocycles. The Morgan fingerprint density at radius 1 is 0.552 bits per heavy atom. The summed E-state index contributed by atoms with van der Waals surface area (Å²) in [6, 6.07) is 66.4. The maximum atomic E-state index is 2.57. The molecular weight excluding hydrogens is 807 g/mol. The molecule has 8 aromatic rings. The Kier molecular flexibility index (Phi) is 10.5. The zero-order chi connectivity index (χ0) is 45.1. The van der Waals surface area contributed by atoms with Crippen molar-refractivity contribution < 1.29 is 0 Å². The van der Waals surface area contributed by atoms with Crippen molar-refractivity contribution in [2.75, 3.05) is 4.90 Å². The van der Waals surface area contributed by atoms with Gasteiger partial charge in [-0.3, -0.25) is 0 Å². The molecule has 0 aromatic heterocycles. The molecule has 0 spiro atoms. The van der Waals surface area contributed by atoms with Gasteiger partial charge in [-0.2, -0.15) is 0 Å². The molecule has 4 aliphatic carbocycles. The fourth-order valence-corrected chi connectivity index (χ4v) is 12.5. The Bertz CT molecular complexity index is 3320. The van der Waals surface area contributed by atoms with Gasteiger partial charge < -0.3 is 4.90 Å². The molecule has 0 saturated heterocycles. The summed E-state index contributed by atoms with van der Waals surface area (Å²) >= 11 is 0. The van der Waals surface area contributed by atoms with Gasteiger partial charge in [0.1, 0.15) is 0 Å². The molecule has 1 fully saturated rings. The van der Waals surface area contributed by atoms with Crippen LogP contribution in [0.3, 0.4) is 0 Å². The molecule has 1 saturated carbocycles. The normalized spacial score (nSPS) is 18.0. The van der Waals surface area contributed by atoms with E-state index in [1.807, 2.05) is 0 Å². The third kappa shape index (κ3) is 7.23. The maximum Gasteiger partial charge on any atom is 0.0546 e. The Hall–Kier alpha value is -6.96. The molecule has 0 bridgehead atoms. The number of anilines is 3. The molecule has 328 valence electrons. The second-order valence-electron chi connectivity index (χ2n) is 20.2. The molecule has 12 rings (SSSR count). The predicted octanol–water partition coefficient (Wildman–Crippen LogP) is 18.9. The zero-order valence-electron chi connectivity index (χ0n) is 39.2. The van der Waals surface area contributed by atoms with Crippen LogP contribution in [-0.4, -0.2) is 0 Å². The van der Waals surface area contributed by atoms with E-state index in [1.165, 1.54) is 127 Å². The van der Waals surface area contributed by atoms with Crippen LogP contribution in [0, 0.1) is 11.3 Å². The smallest absolute Gasteiger partial charge is 0.0546 e. The van der Waals surface area contributed by atoms with Crippen LogP contribution < -0.4 is 4.90 Å². The molecule has 0 radical (unpaired) electrons. The van der Waals surface area contributed by atoms with Gasteiger partial charge in [-0.1, -0.05) is 215 Å².